The summed E-state index contributed by atoms with van der Waals surface area (Å²) in [5, 5.41) is 15.8. The minimum absolute atomic E-state index is 0.0102. The minimum atomic E-state index is -4.93. The molecule has 0 atom stereocenters. The Labute approximate surface area is 253 Å². The first kappa shape index (κ1) is 31.1. The first-order chi connectivity index (χ1) is 21.1. The number of hydrogen-bond donors (Lipinski definition) is 2. The molecule has 1 saturated heterocycles. The third kappa shape index (κ3) is 6.74. The zero-order valence-electron chi connectivity index (χ0n) is 24.8. The number of carbonyl (C=O) groups excluding carboxylic acids is 1. The number of amides is 2. The van der Waals surface area contributed by atoms with Crippen LogP contribution in [0.25, 0.3) is 11.4 Å². The molecular weight excluding hydrogens is 575 g/mol. The van der Waals surface area contributed by atoms with Crippen molar-refractivity contribution in [2.24, 2.45) is 0 Å². The number of aromatic carboxylic acids is 1. The molecule has 1 aromatic carbocycles. The molecule has 1 fully saturated rings. The number of allylic oxidation sites excluding steroid dienone is 1. The summed E-state index contributed by atoms with van der Waals surface area (Å²) in [6, 6.07) is 10.9. The predicted octanol–water partition coefficient (Wildman–Crippen LogP) is 6.61. The topological polar surface area (TPSA) is 110 Å². The SMILES string of the molecule is CCNC(=O)N1CCC(c2ccc(OCC3=C(c4cccc(-n5ncc(C(=O)O)c5C(F)(F)F)n4)CCCC3)c(C)c2)CC1. The summed E-state index contributed by atoms with van der Waals surface area (Å²) in [5.74, 6) is -0.679. The number of rotatable bonds is 8. The molecule has 0 saturated carbocycles. The van der Waals surface area contributed by atoms with Crippen molar-refractivity contribution in [3.8, 4) is 11.6 Å². The Kier molecular flexibility index (Phi) is 9.26. The second kappa shape index (κ2) is 13.1. The van der Waals surface area contributed by atoms with Gasteiger partial charge in [0.1, 0.15) is 17.9 Å². The van der Waals surface area contributed by atoms with Crippen LogP contribution in [0, 0.1) is 6.92 Å². The molecule has 0 radical (unpaired) electrons. The standard InChI is InChI=1S/C32H36F3N5O4/c1-3-36-31(43)39-15-13-21(14-16-39)22-11-12-27(20(2)17-22)44-19-23-7-4-5-8-24(23)26-9-6-10-28(38-26)40-29(32(33,34)35)25(18-37-40)30(41)42/h6,9-12,17-18,21H,3-5,7-8,13-16,19H2,1-2H3,(H,36,43)(H,41,42). The number of ether oxygens (including phenoxy) is 1. The number of alkyl halides is 3. The number of hydrogen-bond acceptors (Lipinski definition) is 5. The van der Waals surface area contributed by atoms with E-state index in [2.05, 4.69) is 27.5 Å². The van der Waals surface area contributed by atoms with Crippen LogP contribution in [0.15, 0.2) is 48.2 Å². The number of carboxylic acids is 1. The third-order valence-electron chi connectivity index (χ3n) is 8.29. The van der Waals surface area contributed by atoms with E-state index in [-0.39, 0.29) is 11.8 Å². The van der Waals surface area contributed by atoms with Crippen LogP contribution in [0.3, 0.4) is 0 Å². The average Bonchev–Trinajstić information content (AvgIpc) is 3.48. The van der Waals surface area contributed by atoms with E-state index in [9.17, 15) is 27.9 Å². The summed E-state index contributed by atoms with van der Waals surface area (Å²) in [6.45, 7) is 6.31. The van der Waals surface area contributed by atoms with Gasteiger partial charge in [-0.3, -0.25) is 0 Å². The lowest BCUT2D eigenvalue weighted by Crippen LogP contribution is -2.44. The van der Waals surface area contributed by atoms with Crippen LogP contribution in [0.1, 0.15) is 84.2 Å². The molecule has 1 aliphatic heterocycles. The molecule has 2 N–H and O–H groups in total. The molecule has 12 heteroatoms. The zero-order valence-corrected chi connectivity index (χ0v) is 24.8. The molecule has 44 heavy (non-hydrogen) atoms. The van der Waals surface area contributed by atoms with Crippen LogP contribution < -0.4 is 10.1 Å². The molecule has 2 aliphatic rings. The molecule has 1 aliphatic carbocycles. The fraction of sp³-hybridized carbons (Fsp3) is 0.438. The van der Waals surface area contributed by atoms with Crippen molar-refractivity contribution >= 4 is 17.6 Å². The van der Waals surface area contributed by atoms with Gasteiger partial charge in [0.25, 0.3) is 0 Å². The highest BCUT2D eigenvalue weighted by Crippen LogP contribution is 2.36. The Morgan fingerprint density at radius 3 is 2.55 bits per heavy atom. The van der Waals surface area contributed by atoms with Crippen molar-refractivity contribution in [1.29, 1.82) is 0 Å². The molecule has 5 rings (SSSR count). The van der Waals surface area contributed by atoms with Gasteiger partial charge in [0.15, 0.2) is 11.5 Å². The summed E-state index contributed by atoms with van der Waals surface area (Å²) < 4.78 is 48.2. The molecule has 0 bridgehead atoms. The average molecular weight is 612 g/mol. The number of carbonyl (C=O) groups is 2. The van der Waals surface area contributed by atoms with Gasteiger partial charge in [0.2, 0.25) is 0 Å². The third-order valence-corrected chi connectivity index (χ3v) is 8.29. The van der Waals surface area contributed by atoms with Crippen molar-refractivity contribution in [2.45, 2.75) is 64.5 Å². The van der Waals surface area contributed by atoms with Gasteiger partial charge in [0.05, 0.1) is 11.9 Å². The fourth-order valence-electron chi connectivity index (χ4n) is 6.03. The lowest BCUT2D eigenvalue weighted by Gasteiger charge is -2.32. The van der Waals surface area contributed by atoms with Crippen molar-refractivity contribution in [3.63, 3.8) is 0 Å². The Morgan fingerprint density at radius 2 is 1.86 bits per heavy atom. The largest absolute Gasteiger partial charge is 0.489 e. The smallest absolute Gasteiger partial charge is 0.434 e. The van der Waals surface area contributed by atoms with E-state index in [0.29, 0.717) is 42.1 Å². The van der Waals surface area contributed by atoms with E-state index < -0.39 is 23.4 Å². The Bertz CT molecular complexity index is 1560. The second-order valence-electron chi connectivity index (χ2n) is 11.2. The summed E-state index contributed by atoms with van der Waals surface area (Å²) in [5.41, 5.74) is 2.41. The van der Waals surface area contributed by atoms with Crippen molar-refractivity contribution < 1.29 is 32.6 Å². The maximum absolute atomic E-state index is 13.8. The number of nitrogens with one attached hydrogen (secondary N) is 1. The normalized spacial score (nSPS) is 16.2. The van der Waals surface area contributed by atoms with Crippen LogP contribution in [0.4, 0.5) is 18.0 Å². The molecule has 0 spiro atoms. The van der Waals surface area contributed by atoms with E-state index in [1.165, 1.54) is 11.6 Å². The second-order valence-corrected chi connectivity index (χ2v) is 11.2. The quantitative estimate of drug-likeness (QED) is 0.297. The number of benzene rings is 1. The van der Waals surface area contributed by atoms with Crippen molar-refractivity contribution in [1.82, 2.24) is 25.0 Å². The summed E-state index contributed by atoms with van der Waals surface area (Å²) in [6.07, 6.45) is 0.931. The Morgan fingerprint density at radius 1 is 1.11 bits per heavy atom. The highest BCUT2D eigenvalue weighted by atomic mass is 19.4. The maximum Gasteiger partial charge on any atom is 0.434 e. The molecule has 3 aromatic rings. The summed E-state index contributed by atoms with van der Waals surface area (Å²) in [7, 11) is 0. The molecule has 9 nitrogen and oxygen atoms in total. The number of nitrogens with zero attached hydrogens (tertiary/aromatic N) is 4. The molecule has 3 heterocycles. The lowest BCUT2D eigenvalue weighted by atomic mass is 9.88. The van der Waals surface area contributed by atoms with Gasteiger partial charge in [-0.1, -0.05) is 18.2 Å². The number of carboxylic acid groups (broad SMARTS) is 1. The van der Waals surface area contributed by atoms with E-state index in [0.717, 1.165) is 67.7 Å². The van der Waals surface area contributed by atoms with Gasteiger partial charge >= 0.3 is 18.2 Å². The monoisotopic (exact) mass is 611 g/mol. The number of likely N-dealkylation sites (tertiary alicyclic amines) is 1. The van der Waals surface area contributed by atoms with E-state index in [4.69, 9.17) is 4.74 Å². The molecule has 2 amide bonds. The first-order valence-corrected chi connectivity index (χ1v) is 14.9. The zero-order chi connectivity index (χ0) is 31.4. The number of aromatic nitrogens is 3. The van der Waals surface area contributed by atoms with E-state index in [1.807, 2.05) is 24.8 Å². The van der Waals surface area contributed by atoms with E-state index >= 15 is 0 Å². The van der Waals surface area contributed by atoms with Gasteiger partial charge in [-0.25, -0.2) is 19.3 Å². The predicted molar refractivity (Wildman–Crippen MR) is 158 cm³/mol. The lowest BCUT2D eigenvalue weighted by molar-refractivity contribution is -0.143. The van der Waals surface area contributed by atoms with Crippen LogP contribution in [-0.4, -0.2) is 63.0 Å². The summed E-state index contributed by atoms with van der Waals surface area (Å²) in [4.78, 5) is 29.9. The van der Waals surface area contributed by atoms with Crippen LogP contribution in [0.5, 0.6) is 5.75 Å². The molecule has 0 unspecified atom stereocenters. The molecular formula is C32H36F3N5O4. The maximum atomic E-state index is 13.8. The van der Waals surface area contributed by atoms with Crippen LogP contribution in [-0.2, 0) is 6.18 Å². The fourth-order valence-corrected chi connectivity index (χ4v) is 6.03. The minimum Gasteiger partial charge on any atom is -0.489 e. The van der Waals surface area contributed by atoms with E-state index in [1.54, 1.807) is 12.1 Å². The van der Waals surface area contributed by atoms with Gasteiger partial charge in [0, 0.05) is 19.6 Å². The Balaban J connectivity index is 1.32. The number of pyridine rings is 1. The molecule has 2 aromatic heterocycles. The highest BCUT2D eigenvalue weighted by molar-refractivity contribution is 5.89. The number of urea groups is 1. The van der Waals surface area contributed by atoms with Gasteiger partial charge in [-0.15, -0.1) is 0 Å². The van der Waals surface area contributed by atoms with Crippen LogP contribution in [0.2, 0.25) is 0 Å². The van der Waals surface area contributed by atoms with Gasteiger partial charge in [-0.05, 0) is 98.8 Å². The van der Waals surface area contributed by atoms with Crippen LogP contribution >= 0.6 is 0 Å². The van der Waals surface area contributed by atoms with Gasteiger partial charge in [-0.2, -0.15) is 18.3 Å². The summed E-state index contributed by atoms with van der Waals surface area (Å²) >= 11 is 0. The van der Waals surface area contributed by atoms with Gasteiger partial charge < -0.3 is 20.1 Å². The number of aryl methyl sites for hydroxylation is 1. The number of halogens is 3. The first-order valence-electron chi connectivity index (χ1n) is 14.9. The van der Waals surface area contributed by atoms with Crippen molar-refractivity contribution in [2.75, 3.05) is 26.2 Å². The number of piperidine rings is 1. The van der Waals surface area contributed by atoms with Crippen molar-refractivity contribution in [3.05, 3.63) is 76.2 Å². The Hall–Kier alpha value is -4.35. The highest BCUT2D eigenvalue weighted by Gasteiger charge is 2.41. The molecule has 234 valence electrons.